The van der Waals surface area contributed by atoms with Crippen molar-refractivity contribution in [3.63, 3.8) is 0 Å². The van der Waals surface area contributed by atoms with Crippen LogP contribution in [-0.2, 0) is 4.74 Å². The van der Waals surface area contributed by atoms with Gasteiger partial charge in [0.15, 0.2) is 0 Å². The van der Waals surface area contributed by atoms with Crippen molar-refractivity contribution in [2.45, 2.75) is 19.9 Å². The van der Waals surface area contributed by atoms with Gasteiger partial charge in [0.05, 0.1) is 23.8 Å². The molecule has 0 radical (unpaired) electrons. The third kappa shape index (κ3) is 5.09. The zero-order valence-electron chi connectivity index (χ0n) is 11.1. The van der Waals surface area contributed by atoms with Crippen LogP contribution in [0, 0.1) is 0 Å². The monoisotopic (exact) mass is 348 g/mol. The zero-order chi connectivity index (χ0) is 14.3. The molecule has 0 saturated heterocycles. The highest BCUT2D eigenvalue weighted by molar-refractivity contribution is 9.09. The fourth-order valence-electron chi connectivity index (χ4n) is 1.62. The highest BCUT2D eigenvalue weighted by atomic mass is 79.9. The van der Waals surface area contributed by atoms with E-state index in [4.69, 9.17) is 16.3 Å². The Bertz CT molecular complexity index is 415. The minimum atomic E-state index is -0.0927. The summed E-state index contributed by atoms with van der Waals surface area (Å²) in [5, 5.41) is 1.17. The molecule has 106 valence electrons. The maximum atomic E-state index is 12.4. The van der Waals surface area contributed by atoms with Crippen LogP contribution in [0.1, 0.15) is 24.2 Å². The normalized spacial score (nSPS) is 10.8. The topological polar surface area (TPSA) is 42.4 Å². The fourth-order valence-corrected chi connectivity index (χ4v) is 2.05. The summed E-state index contributed by atoms with van der Waals surface area (Å²) < 4.78 is 5.39. The van der Waals surface area contributed by atoms with Crippen molar-refractivity contribution in [3.8, 4) is 0 Å². The number of hydrogen-bond donors (Lipinski definition) is 0. The number of alkyl halides is 1. The summed E-state index contributed by atoms with van der Waals surface area (Å²) in [7, 11) is 0. The summed E-state index contributed by atoms with van der Waals surface area (Å²) in [6, 6.07) is 1.73. The number of carbonyl (C=O) groups excluding carboxylic acids is 1. The first kappa shape index (κ1) is 16.4. The highest BCUT2D eigenvalue weighted by Crippen LogP contribution is 2.17. The van der Waals surface area contributed by atoms with Crippen LogP contribution in [0.25, 0.3) is 0 Å². The molecule has 1 heterocycles. The molecule has 0 aliphatic rings. The number of pyridine rings is 1. The van der Waals surface area contributed by atoms with Crippen molar-refractivity contribution in [2.24, 2.45) is 0 Å². The van der Waals surface area contributed by atoms with Crippen molar-refractivity contribution in [1.82, 2.24) is 9.88 Å². The van der Waals surface area contributed by atoms with Gasteiger partial charge in [0.1, 0.15) is 0 Å². The molecule has 0 fully saturated rings. The minimum Gasteiger partial charge on any atom is -0.379 e. The van der Waals surface area contributed by atoms with Gasteiger partial charge in [-0.05, 0) is 19.9 Å². The Labute approximate surface area is 127 Å². The molecule has 0 aliphatic carbocycles. The van der Waals surface area contributed by atoms with Crippen molar-refractivity contribution in [3.05, 3.63) is 29.0 Å². The van der Waals surface area contributed by atoms with Gasteiger partial charge in [-0.25, -0.2) is 0 Å². The van der Waals surface area contributed by atoms with E-state index < -0.39 is 0 Å². The summed E-state index contributed by atoms with van der Waals surface area (Å²) in [5.74, 6) is -0.0927. The summed E-state index contributed by atoms with van der Waals surface area (Å²) in [6.07, 6.45) is 3.05. The third-order valence-electron chi connectivity index (χ3n) is 2.59. The SMILES string of the molecule is CC(C)N(CCOCCBr)C(=O)c1ccncc1Cl. The number of halogens is 2. The molecule has 0 aliphatic heterocycles. The van der Waals surface area contributed by atoms with Crippen molar-refractivity contribution >= 4 is 33.4 Å². The lowest BCUT2D eigenvalue weighted by Crippen LogP contribution is -2.39. The molecule has 1 amide bonds. The van der Waals surface area contributed by atoms with Crippen LogP contribution in [0.15, 0.2) is 18.5 Å². The smallest absolute Gasteiger partial charge is 0.255 e. The summed E-state index contributed by atoms with van der Waals surface area (Å²) >= 11 is 9.29. The molecule has 0 unspecified atom stereocenters. The second-order valence-electron chi connectivity index (χ2n) is 4.25. The van der Waals surface area contributed by atoms with Gasteiger partial charge in [0.2, 0.25) is 0 Å². The maximum absolute atomic E-state index is 12.4. The maximum Gasteiger partial charge on any atom is 0.255 e. The van der Waals surface area contributed by atoms with E-state index in [1.807, 2.05) is 13.8 Å². The van der Waals surface area contributed by atoms with E-state index in [1.165, 1.54) is 6.20 Å². The molecular weight excluding hydrogens is 332 g/mol. The van der Waals surface area contributed by atoms with Crippen molar-refractivity contribution < 1.29 is 9.53 Å². The van der Waals surface area contributed by atoms with Crippen LogP contribution < -0.4 is 0 Å². The van der Waals surface area contributed by atoms with Gasteiger partial charge in [-0.2, -0.15) is 0 Å². The van der Waals surface area contributed by atoms with Crippen molar-refractivity contribution in [2.75, 3.05) is 25.1 Å². The van der Waals surface area contributed by atoms with Crippen LogP contribution in [0.5, 0.6) is 0 Å². The Morgan fingerprint density at radius 2 is 2.26 bits per heavy atom. The second kappa shape index (κ2) is 8.51. The Morgan fingerprint density at radius 3 is 2.84 bits per heavy atom. The highest BCUT2D eigenvalue weighted by Gasteiger charge is 2.20. The molecule has 1 rings (SSSR count). The number of nitrogens with zero attached hydrogens (tertiary/aromatic N) is 2. The van der Waals surface area contributed by atoms with E-state index >= 15 is 0 Å². The molecular formula is C13H18BrClN2O2. The number of amides is 1. The van der Waals surface area contributed by atoms with Gasteiger partial charge in [-0.3, -0.25) is 9.78 Å². The van der Waals surface area contributed by atoms with Crippen LogP contribution in [0.2, 0.25) is 5.02 Å². The lowest BCUT2D eigenvalue weighted by atomic mass is 10.2. The Morgan fingerprint density at radius 1 is 1.53 bits per heavy atom. The molecule has 0 bridgehead atoms. The molecule has 0 saturated carbocycles. The summed E-state index contributed by atoms with van der Waals surface area (Å²) in [6.45, 7) is 5.63. The summed E-state index contributed by atoms with van der Waals surface area (Å²) in [5.41, 5.74) is 0.478. The number of ether oxygens (including phenoxy) is 1. The van der Waals surface area contributed by atoms with Gasteiger partial charge in [0.25, 0.3) is 5.91 Å². The molecule has 1 aromatic rings. The lowest BCUT2D eigenvalue weighted by Gasteiger charge is -2.27. The van der Waals surface area contributed by atoms with E-state index in [0.29, 0.717) is 30.3 Å². The van der Waals surface area contributed by atoms with Crippen LogP contribution in [0.4, 0.5) is 0 Å². The quantitative estimate of drug-likeness (QED) is 0.561. The molecule has 4 nitrogen and oxygen atoms in total. The molecule has 0 spiro atoms. The second-order valence-corrected chi connectivity index (χ2v) is 5.45. The molecule has 6 heteroatoms. The molecule has 0 aromatic carbocycles. The Hall–Kier alpha value is -0.650. The van der Waals surface area contributed by atoms with Crippen LogP contribution in [-0.4, -0.2) is 46.9 Å². The predicted octanol–water partition coefficient (Wildman–Crippen LogP) is 3.00. The van der Waals surface area contributed by atoms with Gasteiger partial charge in [-0.1, -0.05) is 27.5 Å². The molecule has 19 heavy (non-hydrogen) atoms. The Kier molecular flexibility index (Phi) is 7.34. The molecule has 1 aromatic heterocycles. The molecule has 0 atom stereocenters. The van der Waals surface area contributed by atoms with E-state index in [0.717, 1.165) is 5.33 Å². The largest absolute Gasteiger partial charge is 0.379 e. The van der Waals surface area contributed by atoms with Crippen LogP contribution in [0.3, 0.4) is 0 Å². The lowest BCUT2D eigenvalue weighted by molar-refractivity contribution is 0.0597. The van der Waals surface area contributed by atoms with E-state index in [9.17, 15) is 4.79 Å². The first-order chi connectivity index (χ1) is 9.07. The minimum absolute atomic E-state index is 0.0873. The zero-order valence-corrected chi connectivity index (χ0v) is 13.4. The van der Waals surface area contributed by atoms with Gasteiger partial charge in [-0.15, -0.1) is 0 Å². The first-order valence-electron chi connectivity index (χ1n) is 6.12. The number of carbonyl (C=O) groups is 1. The fraction of sp³-hybridized carbons (Fsp3) is 0.538. The van der Waals surface area contributed by atoms with Gasteiger partial charge >= 0.3 is 0 Å². The Balaban J connectivity index is 2.71. The standard InChI is InChI=1S/C13H18BrClN2O2/c1-10(2)17(6-8-19-7-4-14)13(18)11-3-5-16-9-12(11)15/h3,5,9-10H,4,6-8H2,1-2H3. The van der Waals surface area contributed by atoms with E-state index in [1.54, 1.807) is 17.2 Å². The van der Waals surface area contributed by atoms with Crippen LogP contribution >= 0.6 is 27.5 Å². The average molecular weight is 350 g/mol. The number of aromatic nitrogens is 1. The number of rotatable bonds is 7. The average Bonchev–Trinajstić information content (AvgIpc) is 2.38. The number of hydrogen-bond acceptors (Lipinski definition) is 3. The van der Waals surface area contributed by atoms with Gasteiger partial charge < -0.3 is 9.64 Å². The van der Waals surface area contributed by atoms with E-state index in [-0.39, 0.29) is 11.9 Å². The third-order valence-corrected chi connectivity index (χ3v) is 3.21. The molecule has 0 N–H and O–H groups in total. The van der Waals surface area contributed by atoms with Crippen molar-refractivity contribution in [1.29, 1.82) is 0 Å². The summed E-state index contributed by atoms with van der Waals surface area (Å²) in [4.78, 5) is 18.1. The van der Waals surface area contributed by atoms with E-state index in [2.05, 4.69) is 20.9 Å². The predicted molar refractivity (Wildman–Crippen MR) is 80.0 cm³/mol. The van der Waals surface area contributed by atoms with Gasteiger partial charge in [0, 0.05) is 30.3 Å². The first-order valence-corrected chi connectivity index (χ1v) is 7.62.